The molecule has 0 aliphatic heterocycles. The van der Waals surface area contributed by atoms with E-state index in [4.69, 9.17) is 19.2 Å². The van der Waals surface area contributed by atoms with Crippen LogP contribution in [0.2, 0.25) is 0 Å². The van der Waals surface area contributed by atoms with Crippen molar-refractivity contribution in [2.45, 2.75) is 0 Å². The van der Waals surface area contributed by atoms with Gasteiger partial charge in [-0.05, 0) is 0 Å². The molecule has 0 unspecified atom stereocenters. The Kier molecular flexibility index (Phi) is 26.6. The molecule has 8 heavy (non-hydrogen) atoms. The van der Waals surface area contributed by atoms with Crippen LogP contribution < -0.4 is 56.3 Å². The summed E-state index contributed by atoms with van der Waals surface area (Å²) in [6.07, 6.45) is 0. The molecule has 0 spiro atoms. The second-order valence-electron chi connectivity index (χ2n) is 0.491. The zero-order valence-electron chi connectivity index (χ0n) is 3.66. The molecule has 0 amide bonds. The summed E-state index contributed by atoms with van der Waals surface area (Å²) in [6, 6.07) is 0. The average Bonchev–Trinajstić information content (AvgIpc) is 0.722. The van der Waals surface area contributed by atoms with Crippen molar-refractivity contribution in [2.75, 3.05) is 0 Å². The fourth-order valence-electron chi connectivity index (χ4n) is 0. The molecule has 0 aromatic carbocycles. The van der Waals surface area contributed by atoms with Gasteiger partial charge >= 0.3 is 74.4 Å². The molecule has 0 aromatic rings. The van der Waals surface area contributed by atoms with Gasteiger partial charge in [-0.25, -0.2) is 0 Å². The first kappa shape index (κ1) is 22.4. The Morgan fingerprint density at radius 1 is 1.38 bits per heavy atom. The Morgan fingerprint density at radius 3 is 1.38 bits per heavy atom. The van der Waals surface area contributed by atoms with Gasteiger partial charge in [0, 0.05) is 0 Å². The summed E-state index contributed by atoms with van der Waals surface area (Å²) in [5, 5.41) is 0. The smallest absolute Gasteiger partial charge is 0.756 e. The van der Waals surface area contributed by atoms with Crippen LogP contribution in [0, 0.1) is 0 Å². The molecule has 0 bridgehead atoms. The Balaban J connectivity index is -0.0000000267. The van der Waals surface area contributed by atoms with Gasteiger partial charge in [0.05, 0.1) is 0 Å². The first-order chi connectivity index (χ1) is 2.00. The Morgan fingerprint density at radius 2 is 1.38 bits per heavy atom. The summed E-state index contributed by atoms with van der Waals surface area (Å²) < 4.78 is 8.77. The topological polar surface area (TPSA) is 112 Å². The van der Waals surface area contributed by atoms with Crippen molar-refractivity contribution in [3.8, 4) is 0 Å². The molecule has 44 valence electrons. The van der Waals surface area contributed by atoms with Gasteiger partial charge in [-0.1, -0.05) is 0 Å². The normalized spacial score (nSPS) is 7.38. The van der Waals surface area contributed by atoms with Crippen LogP contribution in [0.3, 0.4) is 0 Å². The summed E-state index contributed by atoms with van der Waals surface area (Å²) in [5.41, 5.74) is 0. The second-order valence-corrected chi connectivity index (χ2v) is 1.47. The van der Waals surface area contributed by atoms with E-state index in [0.717, 1.165) is 0 Å². The largest absolute Gasteiger partial charge is 1.00 e. The predicted molar refractivity (Wildman–Crippen MR) is 24.2 cm³/mol. The van der Waals surface area contributed by atoms with Gasteiger partial charge < -0.3 is 20.2 Å². The third-order valence-electron chi connectivity index (χ3n) is 0. The SMILES string of the molecule is O.O=P([O-])(O)O.[K+].[MgH2]. The molecule has 0 heterocycles. The zero-order valence-corrected chi connectivity index (χ0v) is 7.68. The minimum Gasteiger partial charge on any atom is -0.756 e. The molecule has 0 rings (SSSR count). The maximum atomic E-state index is 8.77. The maximum absolute atomic E-state index is 8.77. The van der Waals surface area contributed by atoms with Crippen LogP contribution in [-0.2, 0) is 4.57 Å². The molecule has 0 atom stereocenters. The van der Waals surface area contributed by atoms with Crippen LogP contribution in [0.1, 0.15) is 0 Å². The first-order valence-electron chi connectivity index (χ1n) is 0.765. The van der Waals surface area contributed by atoms with Crippen molar-refractivity contribution < 1.29 is 76.1 Å². The van der Waals surface area contributed by atoms with E-state index >= 15 is 0 Å². The molecule has 0 aromatic heterocycles. The molecule has 0 radical (unpaired) electrons. The van der Waals surface area contributed by atoms with Crippen molar-refractivity contribution in [1.29, 1.82) is 0 Å². The molecule has 0 saturated heterocycles. The van der Waals surface area contributed by atoms with E-state index in [2.05, 4.69) is 0 Å². The van der Waals surface area contributed by atoms with Gasteiger partial charge in [0.25, 0.3) is 7.82 Å². The second kappa shape index (κ2) is 9.47. The van der Waals surface area contributed by atoms with E-state index in [0.29, 0.717) is 0 Å². The molecule has 8 heteroatoms. The van der Waals surface area contributed by atoms with Crippen LogP contribution in [0.15, 0.2) is 0 Å². The fraction of sp³-hybridized carbons (Fsp3) is 0. The van der Waals surface area contributed by atoms with Gasteiger partial charge in [-0.2, -0.15) is 0 Å². The molecular weight excluding hydrogens is 174 g/mol. The van der Waals surface area contributed by atoms with Gasteiger partial charge in [-0.15, -0.1) is 0 Å². The van der Waals surface area contributed by atoms with Crippen LogP contribution in [-0.4, -0.2) is 38.3 Å². The summed E-state index contributed by atoms with van der Waals surface area (Å²) in [4.78, 5) is 22.9. The monoisotopic (exact) mass is 180 g/mol. The number of hydrogen-bond acceptors (Lipinski definition) is 2. The first-order valence-corrected chi connectivity index (χ1v) is 2.30. The Labute approximate surface area is 105 Å². The van der Waals surface area contributed by atoms with Crippen molar-refractivity contribution in [3.63, 3.8) is 0 Å². The third kappa shape index (κ3) is 77.4. The van der Waals surface area contributed by atoms with Gasteiger partial charge in [-0.3, -0.25) is 4.57 Å². The predicted octanol–water partition coefficient (Wildman–Crippen LogP) is -6.30. The molecular formula is H6KMgO5P. The third-order valence-corrected chi connectivity index (χ3v) is 0. The molecule has 5 nitrogen and oxygen atoms in total. The summed E-state index contributed by atoms with van der Waals surface area (Å²) in [7, 11) is -4.89. The van der Waals surface area contributed by atoms with E-state index in [1.807, 2.05) is 0 Å². The number of phosphoric acid groups is 1. The van der Waals surface area contributed by atoms with Gasteiger partial charge in [0.2, 0.25) is 0 Å². The van der Waals surface area contributed by atoms with E-state index in [-0.39, 0.29) is 79.9 Å². The van der Waals surface area contributed by atoms with Crippen molar-refractivity contribution in [1.82, 2.24) is 0 Å². The van der Waals surface area contributed by atoms with Gasteiger partial charge in [0.15, 0.2) is 0 Å². The van der Waals surface area contributed by atoms with Crippen LogP contribution >= 0.6 is 7.82 Å². The zero-order chi connectivity index (χ0) is 4.50. The van der Waals surface area contributed by atoms with Crippen LogP contribution in [0.25, 0.3) is 0 Å². The standard InChI is InChI=1S/K.Mg.H3O4P.H2O.2H/c;;1-5(2,3)4;;;/h;;(H3,1,2,3,4);1H2;;/q+1;;;;;/p-1. The molecule has 0 saturated carbocycles. The number of hydrogen-bond donors (Lipinski definition) is 2. The van der Waals surface area contributed by atoms with E-state index in [1.165, 1.54) is 0 Å². The van der Waals surface area contributed by atoms with E-state index < -0.39 is 7.82 Å². The fourth-order valence-corrected chi connectivity index (χ4v) is 0. The van der Waals surface area contributed by atoms with Crippen LogP contribution in [0.4, 0.5) is 0 Å². The van der Waals surface area contributed by atoms with Crippen molar-refractivity contribution in [3.05, 3.63) is 0 Å². The number of rotatable bonds is 0. The van der Waals surface area contributed by atoms with Crippen LogP contribution in [0.5, 0.6) is 0 Å². The molecule has 0 aliphatic carbocycles. The summed E-state index contributed by atoms with van der Waals surface area (Å²) in [6.45, 7) is 0. The van der Waals surface area contributed by atoms with Gasteiger partial charge in [0.1, 0.15) is 0 Å². The van der Waals surface area contributed by atoms with E-state index in [1.54, 1.807) is 0 Å². The van der Waals surface area contributed by atoms with E-state index in [9.17, 15) is 0 Å². The minimum atomic E-state index is -4.89. The molecule has 4 N–H and O–H groups in total. The Bertz CT molecular complexity index is 58.6. The minimum absolute atomic E-state index is 0. The summed E-state index contributed by atoms with van der Waals surface area (Å²) >= 11 is 0. The maximum Gasteiger partial charge on any atom is 1.00 e. The molecule has 0 fully saturated rings. The average molecular weight is 180 g/mol. The van der Waals surface area contributed by atoms with Crippen molar-refractivity contribution in [2.24, 2.45) is 0 Å². The summed E-state index contributed by atoms with van der Waals surface area (Å²) in [5.74, 6) is 0. The Hall–Kier alpha value is 2.47. The van der Waals surface area contributed by atoms with Crippen molar-refractivity contribution >= 4 is 30.9 Å². The quantitative estimate of drug-likeness (QED) is 0.285. The molecule has 0 aliphatic rings.